The Morgan fingerprint density at radius 3 is 2.52 bits per heavy atom. The van der Waals surface area contributed by atoms with E-state index in [1.807, 2.05) is 18.2 Å². The van der Waals surface area contributed by atoms with Crippen molar-refractivity contribution in [2.45, 2.75) is 6.92 Å². The zero-order valence-corrected chi connectivity index (χ0v) is 14.6. The molecule has 25 heavy (non-hydrogen) atoms. The van der Waals surface area contributed by atoms with Crippen molar-refractivity contribution >= 4 is 23.4 Å². The summed E-state index contributed by atoms with van der Waals surface area (Å²) in [7, 11) is 1.37. The predicted molar refractivity (Wildman–Crippen MR) is 97.4 cm³/mol. The maximum atomic E-state index is 11.5. The van der Waals surface area contributed by atoms with Crippen molar-refractivity contribution in [1.82, 2.24) is 14.9 Å². The second kappa shape index (κ2) is 7.94. The number of hydrogen-bond donors (Lipinski definition) is 1. The van der Waals surface area contributed by atoms with Crippen LogP contribution in [0.3, 0.4) is 0 Å². The fourth-order valence-electron chi connectivity index (χ4n) is 2.79. The quantitative estimate of drug-likeness (QED) is 0.836. The molecular weight excluding hydrogens is 318 g/mol. The molecule has 1 aliphatic rings. The lowest BCUT2D eigenvalue weighted by Crippen LogP contribution is -2.46. The highest BCUT2D eigenvalue weighted by molar-refractivity contribution is 5.89. The molecule has 0 bridgehead atoms. The Balaban J connectivity index is 1.66. The van der Waals surface area contributed by atoms with Gasteiger partial charge in [-0.15, -0.1) is 0 Å². The average molecular weight is 341 g/mol. The molecule has 0 spiro atoms. The van der Waals surface area contributed by atoms with Gasteiger partial charge in [0.2, 0.25) is 5.95 Å². The van der Waals surface area contributed by atoms with Crippen LogP contribution in [0.25, 0.3) is 0 Å². The largest absolute Gasteiger partial charge is 0.465 e. The fraction of sp³-hybridized carbons (Fsp3) is 0.389. The second-order valence-corrected chi connectivity index (χ2v) is 5.86. The first-order chi connectivity index (χ1) is 12.2. The van der Waals surface area contributed by atoms with Gasteiger partial charge >= 0.3 is 5.97 Å². The number of nitrogens with zero attached hydrogens (tertiary/aromatic N) is 4. The van der Waals surface area contributed by atoms with Gasteiger partial charge in [-0.3, -0.25) is 0 Å². The minimum atomic E-state index is -0.345. The molecule has 2 aromatic rings. The molecule has 1 aromatic heterocycles. The number of anilines is 3. The number of carbonyl (C=O) groups excluding carboxylic acids is 1. The Labute approximate surface area is 147 Å². The summed E-state index contributed by atoms with van der Waals surface area (Å²) in [4.78, 5) is 25.1. The predicted octanol–water partition coefficient (Wildman–Crippen LogP) is 2.15. The minimum Gasteiger partial charge on any atom is -0.465 e. The number of hydrogen-bond acceptors (Lipinski definition) is 7. The molecule has 2 heterocycles. The number of piperazine rings is 1. The third kappa shape index (κ3) is 4.24. The van der Waals surface area contributed by atoms with Crippen molar-refractivity contribution in [3.05, 3.63) is 42.1 Å². The topological polar surface area (TPSA) is 70.6 Å². The Morgan fingerprint density at radius 1 is 1.16 bits per heavy atom. The number of ether oxygens (including phenoxy) is 1. The van der Waals surface area contributed by atoms with Gasteiger partial charge in [0.1, 0.15) is 5.82 Å². The number of nitrogens with one attached hydrogen (secondary N) is 1. The average Bonchev–Trinajstić information content (AvgIpc) is 2.68. The lowest BCUT2D eigenvalue weighted by molar-refractivity contribution is 0.0601. The first-order valence-electron chi connectivity index (χ1n) is 8.45. The summed E-state index contributed by atoms with van der Waals surface area (Å²) >= 11 is 0. The number of carbonyl (C=O) groups is 1. The van der Waals surface area contributed by atoms with Crippen molar-refractivity contribution in [2.24, 2.45) is 0 Å². The number of aromatic nitrogens is 2. The zero-order chi connectivity index (χ0) is 17.6. The minimum absolute atomic E-state index is 0.345. The molecule has 0 atom stereocenters. The Morgan fingerprint density at radius 2 is 1.88 bits per heavy atom. The summed E-state index contributed by atoms with van der Waals surface area (Å²) in [5.41, 5.74) is 1.37. The lowest BCUT2D eigenvalue weighted by Gasteiger charge is -2.34. The number of methoxy groups -OCH3 is 1. The Kier molecular flexibility index (Phi) is 5.45. The monoisotopic (exact) mass is 341 g/mol. The molecule has 0 amide bonds. The van der Waals surface area contributed by atoms with Gasteiger partial charge < -0.3 is 19.9 Å². The smallest absolute Gasteiger partial charge is 0.337 e. The summed E-state index contributed by atoms with van der Waals surface area (Å²) in [6.07, 6.45) is 1.76. The van der Waals surface area contributed by atoms with Crippen LogP contribution in [0.5, 0.6) is 0 Å². The highest BCUT2D eigenvalue weighted by Crippen LogP contribution is 2.18. The van der Waals surface area contributed by atoms with Crippen molar-refractivity contribution in [1.29, 1.82) is 0 Å². The zero-order valence-electron chi connectivity index (χ0n) is 14.6. The number of esters is 1. The fourth-order valence-corrected chi connectivity index (χ4v) is 2.79. The molecule has 3 rings (SSSR count). The maximum absolute atomic E-state index is 11.5. The molecular formula is C18H23N5O2. The molecule has 1 fully saturated rings. The number of likely N-dealkylation sites (N-methyl/N-ethyl adjacent to an activating group) is 1. The molecule has 132 valence electrons. The van der Waals surface area contributed by atoms with Crippen LogP contribution in [0, 0.1) is 0 Å². The first-order valence-corrected chi connectivity index (χ1v) is 8.45. The van der Waals surface area contributed by atoms with Crippen LogP contribution in [-0.4, -0.2) is 60.7 Å². The van der Waals surface area contributed by atoms with Gasteiger partial charge in [-0.05, 0) is 36.9 Å². The van der Waals surface area contributed by atoms with Gasteiger partial charge in [-0.2, -0.15) is 4.98 Å². The first kappa shape index (κ1) is 17.2. The Hall–Kier alpha value is -2.67. The molecule has 7 heteroatoms. The van der Waals surface area contributed by atoms with E-state index in [9.17, 15) is 4.79 Å². The van der Waals surface area contributed by atoms with Crippen molar-refractivity contribution in [3.8, 4) is 0 Å². The summed E-state index contributed by atoms with van der Waals surface area (Å²) in [6.45, 7) is 7.20. The third-order valence-electron chi connectivity index (χ3n) is 4.32. The van der Waals surface area contributed by atoms with Gasteiger partial charge in [0.25, 0.3) is 0 Å². The van der Waals surface area contributed by atoms with Crippen LogP contribution in [0.15, 0.2) is 36.5 Å². The number of rotatable bonds is 5. The van der Waals surface area contributed by atoms with Crippen LogP contribution in [-0.2, 0) is 4.74 Å². The summed E-state index contributed by atoms with van der Waals surface area (Å²) < 4.78 is 4.70. The van der Waals surface area contributed by atoms with Gasteiger partial charge in [-0.1, -0.05) is 6.92 Å². The van der Waals surface area contributed by atoms with E-state index in [1.165, 1.54) is 7.11 Å². The van der Waals surface area contributed by atoms with Crippen LogP contribution in [0.2, 0.25) is 0 Å². The third-order valence-corrected chi connectivity index (χ3v) is 4.32. The van der Waals surface area contributed by atoms with E-state index in [-0.39, 0.29) is 5.97 Å². The second-order valence-electron chi connectivity index (χ2n) is 5.86. The molecule has 1 saturated heterocycles. The van der Waals surface area contributed by atoms with Gasteiger partial charge in [0.15, 0.2) is 0 Å². The normalized spacial score (nSPS) is 15.0. The van der Waals surface area contributed by atoms with E-state index in [0.29, 0.717) is 5.56 Å². The summed E-state index contributed by atoms with van der Waals surface area (Å²) in [5.74, 6) is 1.13. The van der Waals surface area contributed by atoms with Crippen molar-refractivity contribution in [3.63, 3.8) is 0 Å². The van der Waals surface area contributed by atoms with E-state index in [1.54, 1.807) is 18.3 Å². The lowest BCUT2D eigenvalue weighted by atomic mass is 10.2. The van der Waals surface area contributed by atoms with Crippen LogP contribution in [0.4, 0.5) is 17.5 Å². The molecule has 0 radical (unpaired) electrons. The van der Waals surface area contributed by atoms with E-state index in [4.69, 9.17) is 4.74 Å². The van der Waals surface area contributed by atoms with Crippen molar-refractivity contribution in [2.75, 3.05) is 50.1 Å². The highest BCUT2D eigenvalue weighted by atomic mass is 16.5. The van der Waals surface area contributed by atoms with Crippen molar-refractivity contribution < 1.29 is 9.53 Å². The number of benzene rings is 1. The molecule has 0 saturated carbocycles. The van der Waals surface area contributed by atoms with Gasteiger partial charge in [0, 0.05) is 38.1 Å². The van der Waals surface area contributed by atoms with Gasteiger partial charge in [-0.25, -0.2) is 9.78 Å². The highest BCUT2D eigenvalue weighted by Gasteiger charge is 2.18. The molecule has 0 unspecified atom stereocenters. The van der Waals surface area contributed by atoms with Crippen LogP contribution < -0.4 is 10.2 Å². The van der Waals surface area contributed by atoms with Gasteiger partial charge in [0.05, 0.1) is 12.7 Å². The van der Waals surface area contributed by atoms with E-state index >= 15 is 0 Å². The standard InChI is InChI=1S/C18H23N5O2/c1-3-22-10-12-23(13-11-22)18-19-9-8-16(21-18)20-15-6-4-14(5-7-15)17(24)25-2/h4-9H,3,10-13H2,1-2H3,(H,19,20,21). The maximum Gasteiger partial charge on any atom is 0.337 e. The van der Waals surface area contributed by atoms with E-state index in [0.717, 1.165) is 50.2 Å². The molecule has 1 aliphatic heterocycles. The Bertz CT molecular complexity index is 712. The van der Waals surface area contributed by atoms with E-state index in [2.05, 4.69) is 32.0 Å². The summed E-state index contributed by atoms with van der Waals surface area (Å²) in [5, 5.41) is 3.25. The molecule has 1 aromatic carbocycles. The SMILES string of the molecule is CCN1CCN(c2nccc(Nc3ccc(C(=O)OC)cc3)n2)CC1. The van der Waals surface area contributed by atoms with Crippen LogP contribution >= 0.6 is 0 Å². The van der Waals surface area contributed by atoms with Crippen LogP contribution in [0.1, 0.15) is 17.3 Å². The molecule has 7 nitrogen and oxygen atoms in total. The van der Waals surface area contributed by atoms with E-state index < -0.39 is 0 Å². The summed E-state index contributed by atoms with van der Waals surface area (Å²) in [6, 6.07) is 8.93. The molecule has 0 aliphatic carbocycles. The molecule has 1 N–H and O–H groups in total.